The maximum absolute atomic E-state index is 7.99. The number of allylic oxidation sites excluding steroid dienone is 3. The molecule has 2 rings (SSSR count). The Morgan fingerprint density at radius 3 is 2.73 bits per heavy atom. The highest BCUT2D eigenvalue weighted by Gasteiger charge is 2.29. The minimum atomic E-state index is 0.611. The van der Waals surface area contributed by atoms with Crippen LogP contribution < -0.4 is 0 Å². The Morgan fingerprint density at radius 1 is 1.33 bits per heavy atom. The van der Waals surface area contributed by atoms with Crippen molar-refractivity contribution in [3.05, 3.63) is 23.3 Å². The Balaban J connectivity index is 2.26. The van der Waals surface area contributed by atoms with Gasteiger partial charge in [0.1, 0.15) is 0 Å². The number of nitrogens with one attached hydrogen (secondary N) is 1. The van der Waals surface area contributed by atoms with Crippen LogP contribution >= 0.6 is 0 Å². The molecule has 2 aliphatic rings. The molecule has 2 aliphatic carbocycles. The fourth-order valence-electron chi connectivity index (χ4n) is 3.03. The van der Waals surface area contributed by atoms with Crippen molar-refractivity contribution >= 4 is 5.71 Å². The summed E-state index contributed by atoms with van der Waals surface area (Å²) in [4.78, 5) is 0. The second-order valence-corrected chi connectivity index (χ2v) is 5.22. The van der Waals surface area contributed by atoms with E-state index in [4.69, 9.17) is 5.41 Å². The van der Waals surface area contributed by atoms with Crippen LogP contribution in [0.4, 0.5) is 0 Å². The van der Waals surface area contributed by atoms with E-state index in [9.17, 15) is 0 Å². The second-order valence-electron chi connectivity index (χ2n) is 5.22. The molecule has 0 radical (unpaired) electrons. The number of hydrogen-bond acceptors (Lipinski definition) is 1. The molecule has 0 aromatic rings. The van der Waals surface area contributed by atoms with Gasteiger partial charge in [-0.3, -0.25) is 0 Å². The topological polar surface area (TPSA) is 23.9 Å². The van der Waals surface area contributed by atoms with Crippen LogP contribution in [0.5, 0.6) is 0 Å². The van der Waals surface area contributed by atoms with Crippen molar-refractivity contribution in [3.63, 3.8) is 0 Å². The Hall–Kier alpha value is -0.850. The van der Waals surface area contributed by atoms with Crippen molar-refractivity contribution in [2.75, 3.05) is 0 Å². The predicted octanol–water partition coefficient (Wildman–Crippen LogP) is 4.11. The molecule has 1 heteroatoms. The van der Waals surface area contributed by atoms with E-state index in [1.54, 1.807) is 5.57 Å². The standard InChI is InChI=1S/C14H21N/c1-9(2)11-5-4-10(3)14-12(8-11)6-7-13(14)15/h10-11,15H,1,4-8H2,2-3H3. The lowest BCUT2D eigenvalue weighted by Crippen LogP contribution is -2.06. The van der Waals surface area contributed by atoms with Crippen molar-refractivity contribution in [1.82, 2.24) is 0 Å². The molecule has 0 saturated carbocycles. The lowest BCUT2D eigenvalue weighted by molar-refractivity contribution is 0.502. The van der Waals surface area contributed by atoms with Gasteiger partial charge in [0.25, 0.3) is 0 Å². The molecule has 0 saturated heterocycles. The summed E-state index contributed by atoms with van der Waals surface area (Å²) in [6.07, 6.45) is 5.80. The van der Waals surface area contributed by atoms with E-state index in [-0.39, 0.29) is 0 Å². The minimum absolute atomic E-state index is 0.611. The lowest BCUT2D eigenvalue weighted by Gasteiger charge is -2.15. The zero-order valence-electron chi connectivity index (χ0n) is 9.90. The van der Waals surface area contributed by atoms with E-state index in [1.165, 1.54) is 30.4 Å². The van der Waals surface area contributed by atoms with E-state index in [2.05, 4.69) is 20.4 Å². The van der Waals surface area contributed by atoms with E-state index in [0.29, 0.717) is 11.8 Å². The molecule has 2 unspecified atom stereocenters. The first kappa shape index (κ1) is 10.7. The van der Waals surface area contributed by atoms with Crippen LogP contribution in [-0.2, 0) is 0 Å². The Labute approximate surface area is 92.8 Å². The van der Waals surface area contributed by atoms with Gasteiger partial charge in [-0.2, -0.15) is 0 Å². The average molecular weight is 203 g/mol. The van der Waals surface area contributed by atoms with Crippen molar-refractivity contribution in [3.8, 4) is 0 Å². The van der Waals surface area contributed by atoms with Crippen LogP contribution in [-0.4, -0.2) is 5.71 Å². The van der Waals surface area contributed by atoms with Crippen molar-refractivity contribution < 1.29 is 0 Å². The van der Waals surface area contributed by atoms with Crippen molar-refractivity contribution in [1.29, 1.82) is 5.41 Å². The molecule has 2 atom stereocenters. The summed E-state index contributed by atoms with van der Waals surface area (Å²) in [5, 5.41) is 7.99. The summed E-state index contributed by atoms with van der Waals surface area (Å²) in [6, 6.07) is 0. The summed E-state index contributed by atoms with van der Waals surface area (Å²) < 4.78 is 0. The number of rotatable bonds is 1. The van der Waals surface area contributed by atoms with Gasteiger partial charge in [0, 0.05) is 5.71 Å². The first-order valence-electron chi connectivity index (χ1n) is 6.04. The molecule has 82 valence electrons. The van der Waals surface area contributed by atoms with E-state index in [0.717, 1.165) is 18.6 Å². The highest BCUT2D eigenvalue weighted by molar-refractivity contribution is 6.01. The molecule has 1 N–H and O–H groups in total. The van der Waals surface area contributed by atoms with E-state index >= 15 is 0 Å². The smallest absolute Gasteiger partial charge is 0.0351 e. The highest BCUT2D eigenvalue weighted by atomic mass is 14.5. The van der Waals surface area contributed by atoms with Gasteiger partial charge in [-0.25, -0.2) is 0 Å². The van der Waals surface area contributed by atoms with Gasteiger partial charge < -0.3 is 5.41 Å². The van der Waals surface area contributed by atoms with Gasteiger partial charge in [0.05, 0.1) is 0 Å². The van der Waals surface area contributed by atoms with Gasteiger partial charge >= 0.3 is 0 Å². The Morgan fingerprint density at radius 2 is 2.07 bits per heavy atom. The van der Waals surface area contributed by atoms with Gasteiger partial charge in [0.2, 0.25) is 0 Å². The lowest BCUT2D eigenvalue weighted by atomic mass is 9.90. The van der Waals surface area contributed by atoms with Crippen molar-refractivity contribution in [2.24, 2.45) is 11.8 Å². The largest absolute Gasteiger partial charge is 0.305 e. The molecule has 0 spiro atoms. The molecule has 15 heavy (non-hydrogen) atoms. The highest BCUT2D eigenvalue weighted by Crippen LogP contribution is 2.40. The van der Waals surface area contributed by atoms with Crippen LogP contribution in [0.1, 0.15) is 46.0 Å². The number of hydrogen-bond donors (Lipinski definition) is 1. The van der Waals surface area contributed by atoms with E-state index < -0.39 is 0 Å². The monoisotopic (exact) mass is 203 g/mol. The average Bonchev–Trinajstić information content (AvgIpc) is 2.43. The van der Waals surface area contributed by atoms with E-state index in [1.807, 2.05) is 0 Å². The third-order valence-electron chi connectivity index (χ3n) is 4.01. The molecule has 0 aromatic carbocycles. The maximum atomic E-state index is 7.99. The molecule has 0 aliphatic heterocycles. The molecule has 0 heterocycles. The Bertz CT molecular complexity index is 335. The fraction of sp³-hybridized carbons (Fsp3) is 0.643. The normalized spacial score (nSPS) is 31.5. The summed E-state index contributed by atoms with van der Waals surface area (Å²) in [6.45, 7) is 8.54. The molecule has 0 amide bonds. The Kier molecular flexibility index (Phi) is 2.81. The first-order valence-corrected chi connectivity index (χ1v) is 6.04. The molecular formula is C14H21N. The summed E-state index contributed by atoms with van der Waals surface area (Å²) in [5.41, 5.74) is 5.21. The SMILES string of the molecule is C=C(C)C1CCC(C)C2=C(CCC2=N)C1. The molecule has 1 nitrogen and oxygen atoms in total. The van der Waals surface area contributed by atoms with Crippen LogP contribution in [0.2, 0.25) is 0 Å². The quantitative estimate of drug-likeness (QED) is 0.620. The summed E-state index contributed by atoms with van der Waals surface area (Å²) in [7, 11) is 0. The predicted molar refractivity (Wildman–Crippen MR) is 65.3 cm³/mol. The van der Waals surface area contributed by atoms with Gasteiger partial charge in [0.15, 0.2) is 0 Å². The first-order chi connectivity index (χ1) is 7.09. The minimum Gasteiger partial charge on any atom is -0.305 e. The van der Waals surface area contributed by atoms with Crippen LogP contribution in [0.25, 0.3) is 0 Å². The third-order valence-corrected chi connectivity index (χ3v) is 4.01. The van der Waals surface area contributed by atoms with Crippen LogP contribution in [0, 0.1) is 17.2 Å². The molecular weight excluding hydrogens is 182 g/mol. The fourth-order valence-corrected chi connectivity index (χ4v) is 3.03. The summed E-state index contributed by atoms with van der Waals surface area (Å²) >= 11 is 0. The molecule has 0 bridgehead atoms. The van der Waals surface area contributed by atoms with Gasteiger partial charge in [-0.15, -0.1) is 0 Å². The van der Waals surface area contributed by atoms with Gasteiger partial charge in [-0.05, 0) is 56.4 Å². The maximum Gasteiger partial charge on any atom is 0.0351 e. The molecule has 0 fully saturated rings. The van der Waals surface area contributed by atoms with Crippen LogP contribution in [0.15, 0.2) is 23.3 Å². The second kappa shape index (κ2) is 3.96. The zero-order valence-corrected chi connectivity index (χ0v) is 9.90. The zero-order chi connectivity index (χ0) is 11.0. The van der Waals surface area contributed by atoms with Gasteiger partial charge in [-0.1, -0.05) is 24.6 Å². The van der Waals surface area contributed by atoms with Crippen LogP contribution in [0.3, 0.4) is 0 Å². The van der Waals surface area contributed by atoms with Crippen molar-refractivity contribution in [2.45, 2.75) is 46.0 Å². The molecule has 0 aromatic heterocycles. The third kappa shape index (κ3) is 1.92. The summed E-state index contributed by atoms with van der Waals surface area (Å²) in [5.74, 6) is 1.28.